The Bertz CT molecular complexity index is 346. The summed E-state index contributed by atoms with van der Waals surface area (Å²) in [5, 5.41) is 0. The van der Waals surface area contributed by atoms with E-state index in [2.05, 4.69) is 11.9 Å². The second-order valence-electron chi connectivity index (χ2n) is 4.68. The highest BCUT2D eigenvalue weighted by Crippen LogP contribution is 2.24. The van der Waals surface area contributed by atoms with Crippen molar-refractivity contribution >= 4 is 5.97 Å². The minimum atomic E-state index is -0.577. The number of pyridine rings is 1. The van der Waals surface area contributed by atoms with Crippen LogP contribution in [0.1, 0.15) is 52.0 Å². The number of esters is 1. The summed E-state index contributed by atoms with van der Waals surface area (Å²) in [7, 11) is 0. The third kappa shape index (κ3) is 4.55. The summed E-state index contributed by atoms with van der Waals surface area (Å²) in [4.78, 5) is 15.6. The molecular formula is C14H21NO2. The van der Waals surface area contributed by atoms with E-state index in [0.717, 1.165) is 24.8 Å². The van der Waals surface area contributed by atoms with Crippen molar-refractivity contribution in [3.63, 3.8) is 0 Å². The Hall–Kier alpha value is -1.38. The minimum Gasteiger partial charge on any atom is -0.455 e. The first-order valence-corrected chi connectivity index (χ1v) is 6.18. The zero-order valence-electron chi connectivity index (χ0n) is 10.9. The number of carbonyl (C=O) groups excluding carboxylic acids is 1. The third-order valence-electron chi connectivity index (χ3n) is 2.73. The average molecular weight is 235 g/mol. The van der Waals surface area contributed by atoms with Crippen molar-refractivity contribution in [1.82, 2.24) is 4.98 Å². The van der Waals surface area contributed by atoms with Gasteiger partial charge < -0.3 is 4.74 Å². The van der Waals surface area contributed by atoms with Gasteiger partial charge in [0.1, 0.15) is 5.60 Å². The molecule has 0 atom stereocenters. The fourth-order valence-electron chi connectivity index (χ4n) is 1.67. The summed E-state index contributed by atoms with van der Waals surface area (Å²) in [6.45, 7) is 5.92. The summed E-state index contributed by atoms with van der Waals surface area (Å²) in [6, 6.07) is 3.75. The van der Waals surface area contributed by atoms with Gasteiger partial charge in [0.25, 0.3) is 0 Å². The molecule has 3 heteroatoms. The fraction of sp³-hybridized carbons (Fsp3) is 0.571. The van der Waals surface area contributed by atoms with Crippen LogP contribution in [-0.4, -0.2) is 11.0 Å². The van der Waals surface area contributed by atoms with Crippen LogP contribution in [0.25, 0.3) is 0 Å². The van der Waals surface area contributed by atoms with E-state index in [0.29, 0.717) is 6.42 Å². The van der Waals surface area contributed by atoms with Crippen molar-refractivity contribution in [2.75, 3.05) is 0 Å². The van der Waals surface area contributed by atoms with E-state index in [1.165, 1.54) is 0 Å². The Kier molecular flexibility index (Phi) is 5.13. The molecule has 0 aliphatic heterocycles. The van der Waals surface area contributed by atoms with Crippen LogP contribution >= 0.6 is 0 Å². The van der Waals surface area contributed by atoms with Crippen molar-refractivity contribution in [2.24, 2.45) is 0 Å². The molecule has 0 saturated heterocycles. The van der Waals surface area contributed by atoms with E-state index in [9.17, 15) is 4.79 Å². The van der Waals surface area contributed by atoms with Gasteiger partial charge in [-0.05, 0) is 38.0 Å². The van der Waals surface area contributed by atoms with Crippen LogP contribution in [-0.2, 0) is 15.1 Å². The second-order valence-corrected chi connectivity index (χ2v) is 4.68. The van der Waals surface area contributed by atoms with E-state index < -0.39 is 5.60 Å². The minimum absolute atomic E-state index is 0.125. The van der Waals surface area contributed by atoms with Crippen LogP contribution < -0.4 is 0 Å². The maximum Gasteiger partial charge on any atom is 0.306 e. The average Bonchev–Trinajstić information content (AvgIpc) is 2.30. The van der Waals surface area contributed by atoms with Gasteiger partial charge in [0.2, 0.25) is 0 Å². The normalized spacial score (nSPS) is 11.2. The Morgan fingerprint density at radius 2 is 1.94 bits per heavy atom. The third-order valence-corrected chi connectivity index (χ3v) is 2.73. The summed E-state index contributed by atoms with van der Waals surface area (Å²) < 4.78 is 5.50. The molecule has 0 spiro atoms. The molecule has 0 N–H and O–H groups in total. The number of nitrogens with zero attached hydrogens (tertiary/aromatic N) is 1. The van der Waals surface area contributed by atoms with Crippen LogP contribution in [0.4, 0.5) is 0 Å². The Morgan fingerprint density at radius 1 is 1.29 bits per heavy atom. The lowest BCUT2D eigenvalue weighted by atomic mass is 9.99. The van der Waals surface area contributed by atoms with Crippen LogP contribution in [0.3, 0.4) is 0 Å². The number of unbranched alkanes of at least 4 members (excludes halogenated alkanes) is 2. The Labute approximate surface area is 103 Å². The number of hydrogen-bond donors (Lipinski definition) is 0. The first kappa shape index (κ1) is 13.7. The van der Waals surface area contributed by atoms with E-state index >= 15 is 0 Å². The lowest BCUT2D eigenvalue weighted by Gasteiger charge is -2.25. The number of carbonyl (C=O) groups is 1. The van der Waals surface area contributed by atoms with Crippen LogP contribution in [0.2, 0.25) is 0 Å². The molecule has 1 aromatic rings. The zero-order chi connectivity index (χ0) is 12.7. The van der Waals surface area contributed by atoms with Gasteiger partial charge in [-0.2, -0.15) is 0 Å². The van der Waals surface area contributed by atoms with Crippen molar-refractivity contribution in [3.05, 3.63) is 30.1 Å². The van der Waals surface area contributed by atoms with Crippen molar-refractivity contribution in [1.29, 1.82) is 0 Å². The molecule has 0 bridgehead atoms. The molecule has 0 fully saturated rings. The molecule has 0 radical (unpaired) electrons. The van der Waals surface area contributed by atoms with Crippen molar-refractivity contribution < 1.29 is 9.53 Å². The molecule has 0 aromatic carbocycles. The first-order valence-electron chi connectivity index (χ1n) is 6.18. The Balaban J connectivity index is 2.52. The van der Waals surface area contributed by atoms with Gasteiger partial charge in [0.05, 0.1) is 0 Å². The lowest BCUT2D eigenvalue weighted by molar-refractivity contribution is -0.157. The molecular weight excluding hydrogens is 214 g/mol. The van der Waals surface area contributed by atoms with Gasteiger partial charge in [-0.1, -0.05) is 19.8 Å². The lowest BCUT2D eigenvalue weighted by Crippen LogP contribution is -2.25. The van der Waals surface area contributed by atoms with E-state index in [1.807, 2.05) is 26.0 Å². The fourth-order valence-corrected chi connectivity index (χ4v) is 1.67. The van der Waals surface area contributed by atoms with Crippen LogP contribution in [0, 0.1) is 0 Å². The van der Waals surface area contributed by atoms with E-state index in [1.54, 1.807) is 12.4 Å². The van der Waals surface area contributed by atoms with Gasteiger partial charge in [-0.25, -0.2) is 0 Å². The van der Waals surface area contributed by atoms with Gasteiger partial charge in [0.15, 0.2) is 0 Å². The number of aromatic nitrogens is 1. The first-order chi connectivity index (χ1) is 8.06. The summed E-state index contributed by atoms with van der Waals surface area (Å²) in [6.07, 6.45) is 7.01. The predicted molar refractivity (Wildman–Crippen MR) is 67.5 cm³/mol. The SMILES string of the molecule is CCCCCC(=O)OC(C)(C)c1ccncc1. The molecule has 0 aliphatic carbocycles. The summed E-state index contributed by atoms with van der Waals surface area (Å²) >= 11 is 0. The van der Waals surface area contributed by atoms with Gasteiger partial charge in [-0.3, -0.25) is 9.78 Å². The highest BCUT2D eigenvalue weighted by molar-refractivity contribution is 5.70. The molecule has 94 valence electrons. The molecule has 1 aromatic heterocycles. The van der Waals surface area contributed by atoms with Gasteiger partial charge in [0, 0.05) is 18.8 Å². The highest BCUT2D eigenvalue weighted by Gasteiger charge is 2.24. The maximum absolute atomic E-state index is 11.7. The molecule has 0 amide bonds. The summed E-state index contributed by atoms with van der Waals surface area (Å²) in [5.41, 5.74) is 0.392. The number of ether oxygens (including phenoxy) is 1. The maximum atomic E-state index is 11.7. The molecule has 0 unspecified atom stereocenters. The number of hydrogen-bond acceptors (Lipinski definition) is 3. The van der Waals surface area contributed by atoms with E-state index in [-0.39, 0.29) is 5.97 Å². The topological polar surface area (TPSA) is 39.2 Å². The standard InChI is InChI=1S/C14H21NO2/c1-4-5-6-7-13(16)17-14(2,3)12-8-10-15-11-9-12/h8-11H,4-7H2,1-3H3. The molecule has 0 saturated carbocycles. The van der Waals surface area contributed by atoms with E-state index in [4.69, 9.17) is 4.74 Å². The molecule has 3 nitrogen and oxygen atoms in total. The molecule has 1 rings (SSSR count). The number of rotatable bonds is 6. The smallest absolute Gasteiger partial charge is 0.306 e. The van der Waals surface area contributed by atoms with Gasteiger partial charge in [-0.15, -0.1) is 0 Å². The summed E-state index contributed by atoms with van der Waals surface area (Å²) in [5.74, 6) is -0.125. The second kappa shape index (κ2) is 6.38. The molecule has 17 heavy (non-hydrogen) atoms. The highest BCUT2D eigenvalue weighted by atomic mass is 16.6. The van der Waals surface area contributed by atoms with Crippen LogP contribution in [0.5, 0.6) is 0 Å². The van der Waals surface area contributed by atoms with Gasteiger partial charge >= 0.3 is 5.97 Å². The monoisotopic (exact) mass is 235 g/mol. The largest absolute Gasteiger partial charge is 0.455 e. The molecule has 1 heterocycles. The Morgan fingerprint density at radius 3 is 2.53 bits per heavy atom. The van der Waals surface area contributed by atoms with Crippen molar-refractivity contribution in [2.45, 2.75) is 52.1 Å². The molecule has 0 aliphatic rings. The quantitative estimate of drug-likeness (QED) is 0.560. The van der Waals surface area contributed by atoms with Crippen LogP contribution in [0.15, 0.2) is 24.5 Å². The zero-order valence-corrected chi connectivity index (χ0v) is 10.9. The predicted octanol–water partition coefficient (Wildman–Crippen LogP) is 3.44. The van der Waals surface area contributed by atoms with Crippen molar-refractivity contribution in [3.8, 4) is 0 Å².